The number of aliphatic imine (C=N–C) groups is 1. The van der Waals surface area contributed by atoms with E-state index in [1.165, 1.54) is 18.3 Å². The molecule has 0 fully saturated rings. The maximum absolute atomic E-state index is 13.2. The van der Waals surface area contributed by atoms with Crippen LogP contribution in [0.2, 0.25) is 0 Å². The summed E-state index contributed by atoms with van der Waals surface area (Å²) in [5.41, 5.74) is 5.91. The summed E-state index contributed by atoms with van der Waals surface area (Å²) in [5.74, 6) is -0.131. The molecule has 0 aliphatic heterocycles. The van der Waals surface area contributed by atoms with Gasteiger partial charge in [0.05, 0.1) is 18.8 Å². The molecule has 1 unspecified atom stereocenters. The first-order valence-corrected chi connectivity index (χ1v) is 5.28. The normalized spacial score (nSPS) is 12.7. The second-order valence-corrected chi connectivity index (χ2v) is 3.63. The lowest BCUT2D eigenvalue weighted by Crippen LogP contribution is -2.40. The molecule has 102 valence electrons. The van der Waals surface area contributed by atoms with E-state index in [4.69, 9.17) is 10.5 Å². The van der Waals surface area contributed by atoms with Gasteiger partial charge in [-0.25, -0.2) is 9.38 Å². The highest BCUT2D eigenvalue weighted by Gasteiger charge is 2.03. The lowest BCUT2D eigenvalue weighted by molar-refractivity contribution is 0.179. The molecule has 1 atom stereocenters. The lowest BCUT2D eigenvalue weighted by atomic mass is 10.3. The maximum atomic E-state index is 13.2. The fraction of sp³-hybridized carbons (Fsp3) is 0.455. The quantitative estimate of drug-likeness (QED) is 0.467. The number of pyridine rings is 1. The molecule has 0 aromatic carbocycles. The third-order valence-corrected chi connectivity index (χ3v) is 2.04. The Labute approximate surface area is 123 Å². The monoisotopic (exact) mass is 368 g/mol. The fourth-order valence-electron chi connectivity index (χ4n) is 1.28. The molecule has 0 saturated carbocycles. The van der Waals surface area contributed by atoms with E-state index in [-0.39, 0.29) is 54.0 Å². The second kappa shape index (κ2) is 9.03. The first-order valence-electron chi connectivity index (χ1n) is 5.28. The van der Waals surface area contributed by atoms with Crippen molar-refractivity contribution in [2.24, 2.45) is 10.7 Å². The van der Waals surface area contributed by atoms with Gasteiger partial charge in [-0.15, -0.1) is 24.0 Å². The van der Waals surface area contributed by atoms with E-state index >= 15 is 0 Å². The van der Waals surface area contributed by atoms with Crippen LogP contribution in [-0.4, -0.2) is 30.7 Å². The van der Waals surface area contributed by atoms with E-state index < -0.39 is 0 Å². The largest absolute Gasteiger partial charge is 0.383 e. The number of nitrogens with one attached hydrogen (secondary N) is 1. The van der Waals surface area contributed by atoms with Crippen LogP contribution in [0.25, 0.3) is 0 Å². The summed E-state index contributed by atoms with van der Waals surface area (Å²) in [6, 6.07) is 2.93. The molecular formula is C11H18FIN4O. The van der Waals surface area contributed by atoms with Crippen molar-refractivity contribution in [2.75, 3.05) is 13.7 Å². The number of hydrogen-bond donors (Lipinski definition) is 2. The van der Waals surface area contributed by atoms with E-state index in [1.54, 1.807) is 7.11 Å². The topological polar surface area (TPSA) is 72.5 Å². The Bertz CT molecular complexity index is 389. The maximum Gasteiger partial charge on any atom is 0.189 e. The van der Waals surface area contributed by atoms with Gasteiger partial charge in [0.15, 0.2) is 5.96 Å². The van der Waals surface area contributed by atoms with Crippen molar-refractivity contribution in [1.82, 2.24) is 10.3 Å². The van der Waals surface area contributed by atoms with Crippen LogP contribution in [0.3, 0.4) is 0 Å². The number of nitrogens with zero attached hydrogens (tertiary/aromatic N) is 2. The molecular weight excluding hydrogens is 350 g/mol. The van der Waals surface area contributed by atoms with Crippen LogP contribution in [-0.2, 0) is 11.3 Å². The summed E-state index contributed by atoms with van der Waals surface area (Å²) in [6.45, 7) is 2.55. The van der Waals surface area contributed by atoms with Crippen LogP contribution in [0, 0.1) is 5.82 Å². The summed E-state index contributed by atoms with van der Waals surface area (Å²) < 4.78 is 18.2. The summed E-state index contributed by atoms with van der Waals surface area (Å²) in [6.07, 6.45) is 1.52. The van der Waals surface area contributed by atoms with Gasteiger partial charge in [0.2, 0.25) is 0 Å². The zero-order valence-corrected chi connectivity index (χ0v) is 12.7. The molecule has 0 aliphatic rings. The molecule has 1 heterocycles. The number of ether oxygens (including phenoxy) is 1. The molecule has 3 N–H and O–H groups in total. The van der Waals surface area contributed by atoms with Crippen LogP contribution in [0.15, 0.2) is 23.3 Å². The molecule has 0 amide bonds. The van der Waals surface area contributed by atoms with Crippen molar-refractivity contribution in [1.29, 1.82) is 0 Å². The van der Waals surface area contributed by atoms with Gasteiger partial charge in [-0.2, -0.15) is 0 Å². The first kappa shape index (κ1) is 17.0. The average molecular weight is 368 g/mol. The lowest BCUT2D eigenvalue weighted by Gasteiger charge is -2.12. The standard InChI is InChI=1S/C11H17FN4O.HI/c1-8(7-17-2)16-11(13)15-6-10-9(12)4-3-5-14-10;/h3-5,8H,6-7H2,1-2H3,(H3,13,15,16);1H. The first-order chi connectivity index (χ1) is 8.13. The van der Waals surface area contributed by atoms with Crippen molar-refractivity contribution >= 4 is 29.9 Å². The Morgan fingerprint density at radius 3 is 3.00 bits per heavy atom. The van der Waals surface area contributed by atoms with Crippen molar-refractivity contribution in [3.05, 3.63) is 29.8 Å². The van der Waals surface area contributed by atoms with Crippen molar-refractivity contribution < 1.29 is 9.13 Å². The zero-order valence-electron chi connectivity index (χ0n) is 10.4. The third kappa shape index (κ3) is 6.10. The number of halogens is 2. The van der Waals surface area contributed by atoms with Gasteiger partial charge in [-0.05, 0) is 19.1 Å². The molecule has 0 bridgehead atoms. The number of aromatic nitrogens is 1. The van der Waals surface area contributed by atoms with Crippen LogP contribution >= 0.6 is 24.0 Å². The number of guanidine groups is 1. The SMILES string of the molecule is COCC(C)NC(N)=NCc1ncccc1F.I. The van der Waals surface area contributed by atoms with Crippen LogP contribution in [0.1, 0.15) is 12.6 Å². The number of nitrogens with two attached hydrogens (primary N) is 1. The Morgan fingerprint density at radius 1 is 1.67 bits per heavy atom. The van der Waals surface area contributed by atoms with E-state index in [0.717, 1.165) is 0 Å². The fourth-order valence-corrected chi connectivity index (χ4v) is 1.28. The molecule has 18 heavy (non-hydrogen) atoms. The molecule has 1 aromatic heterocycles. The highest BCUT2D eigenvalue weighted by atomic mass is 127. The van der Waals surface area contributed by atoms with Crippen LogP contribution in [0.4, 0.5) is 4.39 Å². The van der Waals surface area contributed by atoms with Gasteiger partial charge >= 0.3 is 0 Å². The van der Waals surface area contributed by atoms with E-state index in [2.05, 4.69) is 15.3 Å². The second-order valence-electron chi connectivity index (χ2n) is 3.63. The van der Waals surface area contributed by atoms with E-state index in [0.29, 0.717) is 6.61 Å². The van der Waals surface area contributed by atoms with Gasteiger partial charge in [-0.1, -0.05) is 0 Å². The summed E-state index contributed by atoms with van der Waals surface area (Å²) in [5, 5.41) is 2.92. The Morgan fingerprint density at radius 2 is 2.39 bits per heavy atom. The smallest absolute Gasteiger partial charge is 0.189 e. The highest BCUT2D eigenvalue weighted by molar-refractivity contribution is 14.0. The zero-order chi connectivity index (χ0) is 12.7. The van der Waals surface area contributed by atoms with Gasteiger partial charge in [0.25, 0.3) is 0 Å². The molecule has 1 rings (SSSR count). The summed E-state index contributed by atoms with van der Waals surface area (Å²) in [7, 11) is 1.61. The molecule has 7 heteroatoms. The molecule has 0 aliphatic carbocycles. The third-order valence-electron chi connectivity index (χ3n) is 2.04. The van der Waals surface area contributed by atoms with E-state index in [1.807, 2.05) is 6.92 Å². The molecule has 0 spiro atoms. The van der Waals surface area contributed by atoms with Gasteiger partial charge in [0, 0.05) is 19.3 Å². The molecule has 1 aromatic rings. The predicted octanol–water partition coefficient (Wildman–Crippen LogP) is 1.28. The van der Waals surface area contributed by atoms with Crippen LogP contribution < -0.4 is 11.1 Å². The number of hydrogen-bond acceptors (Lipinski definition) is 3. The van der Waals surface area contributed by atoms with Crippen molar-refractivity contribution in [3.63, 3.8) is 0 Å². The number of rotatable bonds is 5. The van der Waals surface area contributed by atoms with Crippen molar-refractivity contribution in [2.45, 2.75) is 19.5 Å². The average Bonchev–Trinajstić information content (AvgIpc) is 2.28. The summed E-state index contributed by atoms with van der Waals surface area (Å²) in [4.78, 5) is 7.88. The van der Waals surface area contributed by atoms with Gasteiger partial charge in [0.1, 0.15) is 5.82 Å². The van der Waals surface area contributed by atoms with Gasteiger partial charge < -0.3 is 15.8 Å². The minimum Gasteiger partial charge on any atom is -0.383 e. The Hall–Kier alpha value is -0.960. The van der Waals surface area contributed by atoms with Crippen molar-refractivity contribution in [3.8, 4) is 0 Å². The van der Waals surface area contributed by atoms with E-state index in [9.17, 15) is 4.39 Å². The predicted molar refractivity (Wildman–Crippen MR) is 79.4 cm³/mol. The molecule has 5 nitrogen and oxygen atoms in total. The Kier molecular flexibility index (Phi) is 8.55. The minimum absolute atomic E-state index is 0. The highest BCUT2D eigenvalue weighted by Crippen LogP contribution is 2.03. The Balaban J connectivity index is 0.00000289. The molecule has 0 saturated heterocycles. The van der Waals surface area contributed by atoms with Crippen LogP contribution in [0.5, 0.6) is 0 Å². The summed E-state index contributed by atoms with van der Waals surface area (Å²) >= 11 is 0. The minimum atomic E-state index is -0.381. The van der Waals surface area contributed by atoms with Gasteiger partial charge in [-0.3, -0.25) is 4.98 Å². The molecule has 0 radical (unpaired) electrons. The number of methoxy groups -OCH3 is 1.